The smallest absolute Gasteiger partial charge is 0.242 e. The van der Waals surface area contributed by atoms with Crippen molar-refractivity contribution in [2.45, 2.75) is 32.2 Å². The molecule has 0 radical (unpaired) electrons. The van der Waals surface area contributed by atoms with Gasteiger partial charge in [0.15, 0.2) is 0 Å². The summed E-state index contributed by atoms with van der Waals surface area (Å²) in [4.78, 5) is 15.1. The van der Waals surface area contributed by atoms with Crippen LogP contribution in [0.4, 0.5) is 0 Å². The van der Waals surface area contributed by atoms with Crippen LogP contribution >= 0.6 is 0 Å². The third kappa shape index (κ3) is 6.07. The molecule has 1 aromatic carbocycles. The molecule has 26 heavy (non-hydrogen) atoms. The molecule has 1 aromatic rings. The molecule has 0 unspecified atom stereocenters. The maximum Gasteiger partial charge on any atom is 0.242 e. The van der Waals surface area contributed by atoms with E-state index in [0.717, 1.165) is 42.5 Å². The van der Waals surface area contributed by atoms with Crippen LogP contribution in [0.15, 0.2) is 30.3 Å². The molecule has 0 spiro atoms. The molecule has 1 atom stereocenters. The minimum atomic E-state index is -3.48. The van der Waals surface area contributed by atoms with Crippen molar-refractivity contribution in [2.24, 2.45) is 5.92 Å². The summed E-state index contributed by atoms with van der Waals surface area (Å²) in [5, 5.41) is 2.91. The average molecular weight is 382 g/mol. The molecule has 1 aliphatic rings. The Hall–Kier alpha value is -1.44. The first-order chi connectivity index (χ1) is 12.3. The standard InChI is InChI=1S/C19H31N3O3S/c1-16-10-14-22(15-11-16)13-7-12-20-19(23)18(21(2)26(3,24)25)17-8-5-4-6-9-17/h4-6,8-9,16,18H,7,10-15H2,1-3H3,(H,20,23)/t18-/m0/s1. The average Bonchev–Trinajstić information content (AvgIpc) is 2.60. The number of nitrogens with zero attached hydrogens (tertiary/aromatic N) is 2. The zero-order valence-corrected chi connectivity index (χ0v) is 16.8. The monoisotopic (exact) mass is 381 g/mol. The third-order valence-electron chi connectivity index (χ3n) is 5.08. The number of likely N-dealkylation sites (N-methyl/N-ethyl adjacent to an activating group) is 1. The number of rotatable bonds is 8. The number of sulfonamides is 1. The predicted octanol–water partition coefficient (Wildman–Crippen LogP) is 1.86. The van der Waals surface area contributed by atoms with E-state index in [0.29, 0.717) is 12.1 Å². The van der Waals surface area contributed by atoms with Crippen molar-refractivity contribution in [1.82, 2.24) is 14.5 Å². The molecule has 2 rings (SSSR count). The van der Waals surface area contributed by atoms with E-state index in [1.54, 1.807) is 12.1 Å². The van der Waals surface area contributed by atoms with Gasteiger partial charge < -0.3 is 10.2 Å². The molecule has 1 fully saturated rings. The van der Waals surface area contributed by atoms with E-state index >= 15 is 0 Å². The second kappa shape index (κ2) is 9.48. The molecular weight excluding hydrogens is 350 g/mol. The van der Waals surface area contributed by atoms with Gasteiger partial charge in [0.2, 0.25) is 15.9 Å². The highest BCUT2D eigenvalue weighted by atomic mass is 32.2. The number of likely N-dealkylation sites (tertiary alicyclic amines) is 1. The Morgan fingerprint density at radius 3 is 2.46 bits per heavy atom. The molecule has 6 nitrogen and oxygen atoms in total. The number of hydrogen-bond donors (Lipinski definition) is 1. The normalized spacial score (nSPS) is 18.0. The molecule has 146 valence electrons. The van der Waals surface area contributed by atoms with Gasteiger partial charge in [0.25, 0.3) is 0 Å². The van der Waals surface area contributed by atoms with Crippen LogP contribution in [0.1, 0.15) is 37.8 Å². The Balaban J connectivity index is 1.90. The summed E-state index contributed by atoms with van der Waals surface area (Å²) >= 11 is 0. The van der Waals surface area contributed by atoms with Crippen LogP contribution in [0.25, 0.3) is 0 Å². The molecule has 0 bridgehead atoms. The Morgan fingerprint density at radius 1 is 1.27 bits per heavy atom. The van der Waals surface area contributed by atoms with E-state index in [2.05, 4.69) is 17.1 Å². The lowest BCUT2D eigenvalue weighted by molar-refractivity contribution is -0.124. The van der Waals surface area contributed by atoms with Gasteiger partial charge in [0.1, 0.15) is 6.04 Å². The summed E-state index contributed by atoms with van der Waals surface area (Å²) < 4.78 is 25.0. The lowest BCUT2D eigenvalue weighted by atomic mass is 9.99. The third-order valence-corrected chi connectivity index (χ3v) is 6.33. The largest absolute Gasteiger partial charge is 0.354 e. The number of carbonyl (C=O) groups is 1. The van der Waals surface area contributed by atoms with Crippen LogP contribution in [0, 0.1) is 5.92 Å². The SMILES string of the molecule is CC1CCN(CCCNC(=O)[C@H](c2ccccc2)N(C)S(C)(=O)=O)CC1. The first kappa shape index (κ1) is 20.9. The molecule has 7 heteroatoms. The second-order valence-electron chi connectivity index (χ2n) is 7.26. The summed E-state index contributed by atoms with van der Waals surface area (Å²) in [7, 11) is -2.04. The predicted molar refractivity (Wildman–Crippen MR) is 104 cm³/mol. The van der Waals surface area contributed by atoms with Crippen LogP contribution in [-0.4, -0.2) is 63.0 Å². The summed E-state index contributed by atoms with van der Waals surface area (Å²) in [6.45, 7) is 6.05. The summed E-state index contributed by atoms with van der Waals surface area (Å²) in [6.07, 6.45) is 4.46. The van der Waals surface area contributed by atoms with Crippen LogP contribution in [0.5, 0.6) is 0 Å². The van der Waals surface area contributed by atoms with Crippen LogP contribution in [0.2, 0.25) is 0 Å². The maximum absolute atomic E-state index is 12.7. The topological polar surface area (TPSA) is 69.7 Å². The molecule has 1 aliphatic heterocycles. The second-order valence-corrected chi connectivity index (χ2v) is 9.30. The number of benzene rings is 1. The van der Waals surface area contributed by atoms with E-state index in [-0.39, 0.29) is 5.91 Å². The number of amides is 1. The Bertz CT molecular complexity index is 671. The maximum atomic E-state index is 12.7. The van der Waals surface area contributed by atoms with Gasteiger partial charge in [-0.25, -0.2) is 8.42 Å². The molecule has 0 saturated carbocycles. The minimum absolute atomic E-state index is 0.281. The van der Waals surface area contributed by atoms with Crippen molar-refractivity contribution in [3.63, 3.8) is 0 Å². The quantitative estimate of drug-likeness (QED) is 0.698. The molecule has 1 saturated heterocycles. The number of carbonyl (C=O) groups excluding carboxylic acids is 1. The number of nitrogens with one attached hydrogen (secondary N) is 1. The van der Waals surface area contributed by atoms with Gasteiger partial charge in [-0.1, -0.05) is 37.3 Å². The molecule has 1 heterocycles. The highest BCUT2D eigenvalue weighted by molar-refractivity contribution is 7.88. The summed E-state index contributed by atoms with van der Waals surface area (Å²) in [6, 6.07) is 8.17. The van der Waals surface area contributed by atoms with E-state index < -0.39 is 16.1 Å². The highest BCUT2D eigenvalue weighted by Gasteiger charge is 2.30. The molecular formula is C19H31N3O3S. The fourth-order valence-corrected chi connectivity index (χ4v) is 3.85. The minimum Gasteiger partial charge on any atom is -0.354 e. The summed E-state index contributed by atoms with van der Waals surface area (Å²) in [5.41, 5.74) is 0.669. The fraction of sp³-hybridized carbons (Fsp3) is 0.632. The van der Waals surface area contributed by atoms with Gasteiger partial charge in [-0.15, -0.1) is 0 Å². The van der Waals surface area contributed by atoms with Crippen LogP contribution in [-0.2, 0) is 14.8 Å². The Morgan fingerprint density at radius 2 is 1.88 bits per heavy atom. The van der Waals surface area contributed by atoms with Crippen LogP contribution in [0.3, 0.4) is 0 Å². The zero-order valence-electron chi connectivity index (χ0n) is 16.0. The summed E-state index contributed by atoms with van der Waals surface area (Å²) in [5.74, 6) is 0.528. The highest BCUT2D eigenvalue weighted by Crippen LogP contribution is 2.22. The fourth-order valence-electron chi connectivity index (χ4n) is 3.25. The van der Waals surface area contributed by atoms with E-state index in [1.807, 2.05) is 18.2 Å². The molecule has 1 N–H and O–H groups in total. The lowest BCUT2D eigenvalue weighted by Crippen LogP contribution is -2.42. The Kier molecular flexibility index (Phi) is 7.61. The van der Waals surface area contributed by atoms with E-state index in [9.17, 15) is 13.2 Å². The van der Waals surface area contributed by atoms with Crippen molar-refractivity contribution < 1.29 is 13.2 Å². The first-order valence-electron chi connectivity index (χ1n) is 9.27. The zero-order chi connectivity index (χ0) is 19.2. The molecule has 0 aliphatic carbocycles. The van der Waals surface area contributed by atoms with E-state index in [4.69, 9.17) is 0 Å². The van der Waals surface area contributed by atoms with Gasteiger partial charge >= 0.3 is 0 Å². The van der Waals surface area contributed by atoms with Gasteiger partial charge in [0, 0.05) is 13.6 Å². The van der Waals surface area contributed by atoms with Gasteiger partial charge in [0.05, 0.1) is 6.26 Å². The van der Waals surface area contributed by atoms with Gasteiger partial charge in [-0.3, -0.25) is 4.79 Å². The van der Waals surface area contributed by atoms with Crippen LogP contribution < -0.4 is 5.32 Å². The Labute approximate surface area is 157 Å². The van der Waals surface area contributed by atoms with Crippen molar-refractivity contribution >= 4 is 15.9 Å². The van der Waals surface area contributed by atoms with E-state index in [1.165, 1.54) is 19.9 Å². The molecule has 0 aromatic heterocycles. The first-order valence-corrected chi connectivity index (χ1v) is 11.1. The number of piperidine rings is 1. The van der Waals surface area contributed by atoms with Crippen molar-refractivity contribution in [3.05, 3.63) is 35.9 Å². The molecule has 1 amide bonds. The van der Waals surface area contributed by atoms with Gasteiger partial charge in [-0.2, -0.15) is 4.31 Å². The van der Waals surface area contributed by atoms with Crippen molar-refractivity contribution in [2.75, 3.05) is 39.5 Å². The van der Waals surface area contributed by atoms with Crippen molar-refractivity contribution in [1.29, 1.82) is 0 Å². The van der Waals surface area contributed by atoms with Gasteiger partial charge in [-0.05, 0) is 50.4 Å². The lowest BCUT2D eigenvalue weighted by Gasteiger charge is -2.30. The number of hydrogen-bond acceptors (Lipinski definition) is 4. The van der Waals surface area contributed by atoms with Crippen molar-refractivity contribution in [3.8, 4) is 0 Å².